The largest absolute Gasteiger partial charge is 0.496 e. The minimum absolute atomic E-state index is 0.0174. The zero-order chi connectivity index (χ0) is 18.3. The van der Waals surface area contributed by atoms with Crippen molar-refractivity contribution in [1.82, 2.24) is 4.90 Å². The number of methoxy groups -OCH3 is 1. The molecule has 0 bridgehead atoms. The van der Waals surface area contributed by atoms with E-state index in [0.717, 1.165) is 28.0 Å². The molecule has 1 amide bonds. The highest BCUT2D eigenvalue weighted by Gasteiger charge is 2.40. The van der Waals surface area contributed by atoms with Crippen LogP contribution in [-0.2, 0) is 24.3 Å². The predicted octanol–water partition coefficient (Wildman–Crippen LogP) is 1.99. The molecule has 2 N–H and O–H groups in total. The minimum atomic E-state index is -0.904. The molecule has 3 unspecified atom stereocenters. The van der Waals surface area contributed by atoms with Gasteiger partial charge in [-0.1, -0.05) is 36.4 Å². The molecule has 1 aliphatic carbocycles. The average molecular weight is 353 g/mol. The fraction of sp³-hybridized carbons (Fsp3) is 0.381. The minimum Gasteiger partial charge on any atom is -0.496 e. The van der Waals surface area contributed by atoms with Gasteiger partial charge in [0.05, 0.1) is 19.3 Å². The van der Waals surface area contributed by atoms with Crippen LogP contribution in [-0.4, -0.2) is 40.3 Å². The molecule has 5 nitrogen and oxygen atoms in total. The van der Waals surface area contributed by atoms with Crippen LogP contribution in [0, 0.1) is 0 Å². The molecule has 1 heterocycles. The van der Waals surface area contributed by atoms with Gasteiger partial charge in [0.1, 0.15) is 5.75 Å². The number of rotatable bonds is 3. The number of carbonyl (C=O) groups excluding carboxylic acids is 1. The van der Waals surface area contributed by atoms with Crippen LogP contribution in [0.2, 0.25) is 0 Å². The molecule has 4 rings (SSSR count). The van der Waals surface area contributed by atoms with Crippen molar-refractivity contribution in [2.24, 2.45) is 0 Å². The first-order valence-electron chi connectivity index (χ1n) is 8.95. The van der Waals surface area contributed by atoms with Crippen molar-refractivity contribution in [3.05, 3.63) is 64.7 Å². The van der Waals surface area contributed by atoms with Gasteiger partial charge in [-0.15, -0.1) is 0 Å². The van der Waals surface area contributed by atoms with E-state index in [9.17, 15) is 15.0 Å². The Kier molecular flexibility index (Phi) is 4.42. The summed E-state index contributed by atoms with van der Waals surface area (Å²) in [5.41, 5.74) is 4.09. The van der Waals surface area contributed by atoms with E-state index >= 15 is 0 Å². The summed E-state index contributed by atoms with van der Waals surface area (Å²) in [6.07, 6.45) is -1.09. The maximum atomic E-state index is 12.9. The number of carbonyl (C=O) groups is 1. The molecule has 136 valence electrons. The number of aliphatic hydroxyl groups is 2. The molecule has 0 saturated carbocycles. The van der Waals surface area contributed by atoms with Gasteiger partial charge < -0.3 is 19.8 Å². The zero-order valence-corrected chi connectivity index (χ0v) is 14.8. The van der Waals surface area contributed by atoms with Crippen molar-refractivity contribution in [3.63, 3.8) is 0 Å². The van der Waals surface area contributed by atoms with Gasteiger partial charge in [0.15, 0.2) is 0 Å². The summed E-state index contributed by atoms with van der Waals surface area (Å²) in [4.78, 5) is 14.7. The predicted molar refractivity (Wildman–Crippen MR) is 96.8 cm³/mol. The summed E-state index contributed by atoms with van der Waals surface area (Å²) in [6, 6.07) is 13.7. The second-order valence-electron chi connectivity index (χ2n) is 7.12. The summed E-state index contributed by atoms with van der Waals surface area (Å²) in [7, 11) is 1.63. The number of amides is 1. The maximum absolute atomic E-state index is 12.9. The number of hydrogen-bond donors (Lipinski definition) is 2. The normalized spacial score (nSPS) is 24.8. The van der Waals surface area contributed by atoms with Crippen LogP contribution in [0.5, 0.6) is 5.75 Å². The Morgan fingerprint density at radius 1 is 1.08 bits per heavy atom. The third kappa shape index (κ3) is 2.87. The lowest BCUT2D eigenvalue weighted by Gasteiger charge is -2.33. The van der Waals surface area contributed by atoms with Crippen LogP contribution in [0.4, 0.5) is 0 Å². The molecule has 0 fully saturated rings. The molecule has 26 heavy (non-hydrogen) atoms. The van der Waals surface area contributed by atoms with Crippen LogP contribution in [0.3, 0.4) is 0 Å². The second-order valence-corrected chi connectivity index (χ2v) is 7.12. The molecular weight excluding hydrogens is 330 g/mol. The Morgan fingerprint density at radius 3 is 2.65 bits per heavy atom. The number of ether oxygens (including phenoxy) is 1. The highest BCUT2D eigenvalue weighted by atomic mass is 16.5. The van der Waals surface area contributed by atoms with Gasteiger partial charge in [-0.05, 0) is 22.8 Å². The highest BCUT2D eigenvalue weighted by Crippen LogP contribution is 2.40. The first-order chi connectivity index (χ1) is 12.6. The van der Waals surface area contributed by atoms with E-state index in [0.29, 0.717) is 19.5 Å². The first kappa shape index (κ1) is 17.1. The molecule has 2 aromatic carbocycles. The summed E-state index contributed by atoms with van der Waals surface area (Å²) in [6.45, 7) is 0.956. The molecule has 0 radical (unpaired) electrons. The molecule has 0 spiro atoms. The van der Waals surface area contributed by atoms with Crippen molar-refractivity contribution >= 4 is 5.91 Å². The molecule has 0 saturated heterocycles. The number of nitrogens with zero attached hydrogens (tertiary/aromatic N) is 1. The lowest BCUT2D eigenvalue weighted by Crippen LogP contribution is -2.39. The Hall–Kier alpha value is -2.37. The van der Waals surface area contributed by atoms with Gasteiger partial charge >= 0.3 is 0 Å². The summed E-state index contributed by atoms with van der Waals surface area (Å²) >= 11 is 0. The first-order valence-corrected chi connectivity index (χ1v) is 8.95. The maximum Gasteiger partial charge on any atom is 0.223 e. The Bertz CT molecular complexity index is 835. The monoisotopic (exact) mass is 353 g/mol. The smallest absolute Gasteiger partial charge is 0.223 e. The standard InChI is InChI=1S/C21H23NO4/c1-26-18-8-3-2-5-14(18)11-22-12-15-7-4-6-13-9-17(23)21(25)16(20(13)15)10-19(22)24/h2-8,16-17,21,23,25H,9-12H2,1H3. The third-order valence-corrected chi connectivity index (χ3v) is 5.56. The van der Waals surface area contributed by atoms with Crippen LogP contribution in [0.1, 0.15) is 34.6 Å². The second kappa shape index (κ2) is 6.74. The van der Waals surface area contributed by atoms with Crippen molar-refractivity contribution in [2.75, 3.05) is 7.11 Å². The van der Waals surface area contributed by atoms with E-state index in [1.54, 1.807) is 7.11 Å². The van der Waals surface area contributed by atoms with Crippen molar-refractivity contribution in [2.45, 2.75) is 44.1 Å². The van der Waals surface area contributed by atoms with Crippen LogP contribution in [0.15, 0.2) is 42.5 Å². The van der Waals surface area contributed by atoms with Gasteiger partial charge in [0.25, 0.3) is 0 Å². The number of benzene rings is 2. The molecule has 5 heteroatoms. The van der Waals surface area contributed by atoms with Gasteiger partial charge in [-0.3, -0.25) is 4.79 Å². The van der Waals surface area contributed by atoms with Crippen LogP contribution >= 0.6 is 0 Å². The third-order valence-electron chi connectivity index (χ3n) is 5.56. The Labute approximate surface area is 152 Å². The summed E-state index contributed by atoms with van der Waals surface area (Å²) in [5.74, 6) is 0.395. The lowest BCUT2D eigenvalue weighted by molar-refractivity contribution is -0.133. The molecule has 2 aromatic rings. The van der Waals surface area contributed by atoms with E-state index in [4.69, 9.17) is 4.74 Å². The van der Waals surface area contributed by atoms with E-state index in [1.807, 2.05) is 47.4 Å². The number of hydrogen-bond acceptors (Lipinski definition) is 4. The van der Waals surface area contributed by atoms with E-state index in [-0.39, 0.29) is 18.2 Å². The van der Waals surface area contributed by atoms with E-state index in [1.165, 1.54) is 0 Å². The summed E-state index contributed by atoms with van der Waals surface area (Å²) < 4.78 is 5.41. The number of para-hydroxylation sites is 1. The van der Waals surface area contributed by atoms with Crippen molar-refractivity contribution < 1.29 is 19.7 Å². The molecule has 0 aromatic heterocycles. The zero-order valence-electron chi connectivity index (χ0n) is 14.8. The molecule has 2 aliphatic rings. The average Bonchev–Trinajstić information content (AvgIpc) is 2.78. The highest BCUT2D eigenvalue weighted by molar-refractivity contribution is 5.78. The SMILES string of the molecule is COc1ccccc1CN1Cc2cccc3c2C(CC1=O)C(O)C(O)C3. The van der Waals surface area contributed by atoms with Crippen molar-refractivity contribution in [3.8, 4) is 5.75 Å². The quantitative estimate of drug-likeness (QED) is 0.885. The van der Waals surface area contributed by atoms with Gasteiger partial charge in [0.2, 0.25) is 5.91 Å². The van der Waals surface area contributed by atoms with Crippen molar-refractivity contribution in [1.29, 1.82) is 0 Å². The fourth-order valence-corrected chi connectivity index (χ4v) is 4.26. The molecule has 1 aliphatic heterocycles. The lowest BCUT2D eigenvalue weighted by atomic mass is 9.76. The van der Waals surface area contributed by atoms with Gasteiger partial charge in [-0.25, -0.2) is 0 Å². The van der Waals surface area contributed by atoms with Crippen LogP contribution in [0.25, 0.3) is 0 Å². The van der Waals surface area contributed by atoms with E-state index in [2.05, 4.69) is 0 Å². The fourth-order valence-electron chi connectivity index (χ4n) is 4.26. The van der Waals surface area contributed by atoms with E-state index < -0.39 is 12.2 Å². The number of aliphatic hydroxyl groups excluding tert-OH is 2. The Morgan fingerprint density at radius 2 is 1.85 bits per heavy atom. The molecular formula is C21H23NO4. The van der Waals surface area contributed by atoms with Gasteiger partial charge in [0, 0.05) is 37.4 Å². The van der Waals surface area contributed by atoms with Crippen LogP contribution < -0.4 is 4.74 Å². The molecule has 3 atom stereocenters. The Balaban J connectivity index is 1.70. The topological polar surface area (TPSA) is 70.0 Å². The summed E-state index contributed by atoms with van der Waals surface area (Å²) in [5, 5.41) is 20.7. The van der Waals surface area contributed by atoms with Gasteiger partial charge in [-0.2, -0.15) is 0 Å².